The van der Waals surface area contributed by atoms with E-state index in [2.05, 4.69) is 28.3 Å². The topological polar surface area (TPSA) is 38.7 Å². The predicted octanol–water partition coefficient (Wildman–Crippen LogP) is 4.50. The molecule has 0 saturated heterocycles. The van der Waals surface area contributed by atoms with Gasteiger partial charge in [0.2, 0.25) is 0 Å². The van der Waals surface area contributed by atoms with Crippen molar-refractivity contribution in [3.05, 3.63) is 46.6 Å². The highest BCUT2D eigenvalue weighted by molar-refractivity contribution is 7.63. The lowest BCUT2D eigenvalue weighted by atomic mass is 10.1. The van der Waals surface area contributed by atoms with Gasteiger partial charge < -0.3 is 0 Å². The number of benzene rings is 1. The first-order valence-electron chi connectivity index (χ1n) is 6.40. The Labute approximate surface area is 138 Å². The number of halogens is 3. The number of nitrogens with zero attached hydrogens (tertiary/aromatic N) is 3. The molecule has 3 aromatic rings. The Balaban J connectivity index is 2.17. The van der Waals surface area contributed by atoms with Gasteiger partial charge in [-0.25, -0.2) is 14.4 Å². The minimum atomic E-state index is -0.398. The zero-order valence-corrected chi connectivity index (χ0v) is 14.2. The minimum Gasteiger partial charge on any atom is -0.254 e. The summed E-state index contributed by atoms with van der Waals surface area (Å²) in [5, 5.41) is 1.29. The monoisotopic (exact) mass is 353 g/mol. The zero-order chi connectivity index (χ0) is 15.9. The summed E-state index contributed by atoms with van der Waals surface area (Å²) >= 11 is 12.2. The summed E-state index contributed by atoms with van der Waals surface area (Å²) in [7, 11) is -0.387. The molecular weight excluding hydrogens is 343 g/mol. The van der Waals surface area contributed by atoms with Crippen LogP contribution in [0.5, 0.6) is 0 Å². The first kappa shape index (κ1) is 15.5. The number of rotatable bonds is 2. The summed E-state index contributed by atoms with van der Waals surface area (Å²) in [6.45, 7) is 4.13. The molecule has 0 atom stereocenters. The van der Waals surface area contributed by atoms with Crippen LogP contribution in [-0.2, 0) is 0 Å². The zero-order valence-electron chi connectivity index (χ0n) is 11.8. The Morgan fingerprint density at radius 1 is 1.00 bits per heavy atom. The molecule has 0 bridgehead atoms. The summed E-state index contributed by atoms with van der Waals surface area (Å²) < 4.78 is 14.3. The van der Waals surface area contributed by atoms with E-state index in [9.17, 15) is 4.39 Å². The molecule has 0 aliphatic heterocycles. The van der Waals surface area contributed by atoms with Gasteiger partial charge in [0.05, 0.1) is 15.6 Å². The second kappa shape index (κ2) is 6.04. The van der Waals surface area contributed by atoms with Crippen LogP contribution in [-0.4, -0.2) is 28.3 Å². The molecule has 1 aromatic carbocycles. The van der Waals surface area contributed by atoms with Crippen molar-refractivity contribution in [3.63, 3.8) is 0 Å². The van der Waals surface area contributed by atoms with Crippen LogP contribution < -0.4 is 5.57 Å². The van der Waals surface area contributed by atoms with E-state index in [0.717, 1.165) is 5.57 Å². The van der Waals surface area contributed by atoms with Gasteiger partial charge in [-0.1, -0.05) is 23.2 Å². The lowest BCUT2D eigenvalue weighted by Crippen LogP contribution is -2.09. The van der Waals surface area contributed by atoms with Crippen molar-refractivity contribution in [2.24, 2.45) is 0 Å². The molecule has 0 unspecified atom stereocenters. The molecule has 112 valence electrons. The molecule has 3 rings (SSSR count). The summed E-state index contributed by atoms with van der Waals surface area (Å²) in [6.07, 6.45) is 4.66. The molecular formula is C15H11Cl2FN3P. The third kappa shape index (κ3) is 2.79. The molecule has 2 heterocycles. The molecule has 0 amide bonds. The summed E-state index contributed by atoms with van der Waals surface area (Å²) in [6, 6.07) is 2.97. The van der Waals surface area contributed by atoms with Gasteiger partial charge in [0, 0.05) is 41.2 Å². The third-order valence-electron chi connectivity index (χ3n) is 3.20. The highest BCUT2D eigenvalue weighted by Gasteiger charge is 2.13. The van der Waals surface area contributed by atoms with Crippen LogP contribution in [0.4, 0.5) is 4.39 Å². The Hall–Kier alpha value is -1.35. The number of hydrogen-bond acceptors (Lipinski definition) is 3. The number of hydrogen-bond donors (Lipinski definition) is 0. The van der Waals surface area contributed by atoms with Crippen LogP contribution >= 0.6 is 31.1 Å². The number of fused-ring (bicyclic) bond motifs is 1. The van der Waals surface area contributed by atoms with Crippen LogP contribution in [0, 0.1) is 5.82 Å². The number of pyridine rings is 1. The first-order chi connectivity index (χ1) is 10.5. The van der Waals surface area contributed by atoms with Gasteiger partial charge in [-0.3, -0.25) is 4.98 Å². The third-order valence-corrected chi connectivity index (χ3v) is 5.02. The van der Waals surface area contributed by atoms with Crippen molar-refractivity contribution in [2.45, 2.75) is 0 Å². The van der Waals surface area contributed by atoms with E-state index in [-0.39, 0.29) is 7.92 Å². The largest absolute Gasteiger partial charge is 0.254 e. The van der Waals surface area contributed by atoms with Crippen molar-refractivity contribution >= 4 is 47.6 Å². The second-order valence-electron chi connectivity index (χ2n) is 4.94. The summed E-state index contributed by atoms with van der Waals surface area (Å²) in [5.74, 6) is -0.398. The second-order valence-corrected chi connectivity index (χ2v) is 7.91. The fourth-order valence-electron chi connectivity index (χ4n) is 2.07. The molecule has 2 aromatic heterocycles. The van der Waals surface area contributed by atoms with Crippen molar-refractivity contribution in [1.29, 1.82) is 0 Å². The van der Waals surface area contributed by atoms with Gasteiger partial charge in [-0.05, 0) is 27.3 Å². The lowest BCUT2D eigenvalue weighted by Gasteiger charge is -2.09. The van der Waals surface area contributed by atoms with Gasteiger partial charge in [0.1, 0.15) is 11.4 Å². The van der Waals surface area contributed by atoms with Gasteiger partial charge in [-0.2, -0.15) is 0 Å². The van der Waals surface area contributed by atoms with E-state index in [0.29, 0.717) is 32.1 Å². The molecule has 0 saturated carbocycles. The molecule has 0 radical (unpaired) electrons. The fourth-order valence-corrected chi connectivity index (χ4v) is 3.00. The van der Waals surface area contributed by atoms with Crippen molar-refractivity contribution < 1.29 is 4.39 Å². The Morgan fingerprint density at radius 3 is 2.32 bits per heavy atom. The maximum absolute atomic E-state index is 14.3. The van der Waals surface area contributed by atoms with Crippen LogP contribution in [0.3, 0.4) is 0 Å². The molecule has 22 heavy (non-hydrogen) atoms. The van der Waals surface area contributed by atoms with E-state index in [1.165, 1.54) is 12.3 Å². The fraction of sp³-hybridized carbons (Fsp3) is 0.133. The molecule has 7 heteroatoms. The Bertz CT molecular complexity index is 854. The van der Waals surface area contributed by atoms with Crippen LogP contribution in [0.2, 0.25) is 10.0 Å². The highest BCUT2D eigenvalue weighted by atomic mass is 35.5. The molecule has 3 nitrogen and oxygen atoms in total. The average Bonchev–Trinajstić information content (AvgIpc) is 2.51. The van der Waals surface area contributed by atoms with E-state index in [1.54, 1.807) is 18.5 Å². The number of aromatic nitrogens is 3. The van der Waals surface area contributed by atoms with Crippen molar-refractivity contribution in [2.75, 3.05) is 13.3 Å². The van der Waals surface area contributed by atoms with Crippen molar-refractivity contribution in [1.82, 2.24) is 15.0 Å². The van der Waals surface area contributed by atoms with Crippen LogP contribution in [0.25, 0.3) is 22.0 Å². The first-order valence-corrected chi connectivity index (χ1v) is 9.39. The normalized spacial score (nSPS) is 11.4. The molecule has 0 fully saturated rings. The SMILES string of the molecule is CP(C)c1ncc(-c2cc3c(Cl)c(Cl)cnc3cc2F)cn1. The maximum Gasteiger partial charge on any atom is 0.149 e. The van der Waals surface area contributed by atoms with E-state index in [1.807, 2.05) is 0 Å². The van der Waals surface area contributed by atoms with Gasteiger partial charge in [0.25, 0.3) is 0 Å². The Kier molecular flexibility index (Phi) is 4.26. The van der Waals surface area contributed by atoms with E-state index in [4.69, 9.17) is 23.2 Å². The van der Waals surface area contributed by atoms with Gasteiger partial charge >= 0.3 is 0 Å². The van der Waals surface area contributed by atoms with Gasteiger partial charge in [0.15, 0.2) is 0 Å². The summed E-state index contributed by atoms with van der Waals surface area (Å²) in [5.41, 5.74) is 2.21. The molecule has 0 aliphatic rings. The average molecular weight is 354 g/mol. The molecule has 0 spiro atoms. The maximum atomic E-state index is 14.3. The van der Waals surface area contributed by atoms with E-state index >= 15 is 0 Å². The van der Waals surface area contributed by atoms with Crippen LogP contribution in [0.15, 0.2) is 30.7 Å². The van der Waals surface area contributed by atoms with Crippen molar-refractivity contribution in [3.8, 4) is 11.1 Å². The smallest absolute Gasteiger partial charge is 0.149 e. The van der Waals surface area contributed by atoms with E-state index < -0.39 is 5.82 Å². The molecule has 0 aliphatic carbocycles. The predicted molar refractivity (Wildman–Crippen MR) is 91.1 cm³/mol. The van der Waals surface area contributed by atoms with Gasteiger partial charge in [-0.15, -0.1) is 0 Å². The lowest BCUT2D eigenvalue weighted by molar-refractivity contribution is 0.632. The quantitative estimate of drug-likeness (QED) is 0.636. The molecule has 0 N–H and O–H groups in total. The summed E-state index contributed by atoms with van der Waals surface area (Å²) in [4.78, 5) is 12.7. The standard InChI is InChI=1S/C15H11Cl2FN3P/c1-22(2)15-20-5-8(6-21-15)9-3-10-13(4-12(9)18)19-7-11(16)14(10)17/h3-7H,1-2H3. The van der Waals surface area contributed by atoms with Crippen LogP contribution in [0.1, 0.15) is 0 Å². The minimum absolute atomic E-state index is 0.334. The highest BCUT2D eigenvalue weighted by Crippen LogP contribution is 2.33. The Morgan fingerprint density at radius 2 is 1.68 bits per heavy atom.